The summed E-state index contributed by atoms with van der Waals surface area (Å²) in [6.07, 6.45) is 3.11. The fraction of sp³-hybridized carbons (Fsp3) is 0. The maximum Gasteiger partial charge on any atom is 0.433 e. The van der Waals surface area contributed by atoms with Crippen molar-refractivity contribution in [1.29, 1.82) is 0 Å². The summed E-state index contributed by atoms with van der Waals surface area (Å²) in [5.41, 5.74) is 4.57. The van der Waals surface area contributed by atoms with Gasteiger partial charge in [0.2, 0.25) is 0 Å². The molecule has 1 amide bonds. The summed E-state index contributed by atoms with van der Waals surface area (Å²) >= 11 is 0. The molecule has 9 heteroatoms. The highest BCUT2D eigenvalue weighted by molar-refractivity contribution is 5.95. The van der Waals surface area contributed by atoms with E-state index in [0.29, 0.717) is 16.8 Å². The van der Waals surface area contributed by atoms with Gasteiger partial charge in [-0.2, -0.15) is 10.2 Å². The second-order valence-electron chi connectivity index (χ2n) is 6.17. The molecule has 0 saturated heterocycles. The quantitative estimate of drug-likeness (QED) is 0.300. The fourth-order valence-electron chi connectivity index (χ4n) is 2.75. The van der Waals surface area contributed by atoms with Crippen LogP contribution in [0.15, 0.2) is 88.5 Å². The Kier molecular flexibility index (Phi) is 5.16. The van der Waals surface area contributed by atoms with Crippen molar-refractivity contribution in [3.8, 4) is 17.1 Å². The maximum absolute atomic E-state index is 12.2. The van der Waals surface area contributed by atoms with Gasteiger partial charge in [-0.1, -0.05) is 36.4 Å². The third-order valence-electron chi connectivity index (χ3n) is 4.17. The van der Waals surface area contributed by atoms with E-state index >= 15 is 0 Å². The predicted octanol–water partition coefficient (Wildman–Crippen LogP) is 3.80. The number of aromatic nitrogens is 2. The summed E-state index contributed by atoms with van der Waals surface area (Å²) < 4.78 is 6.90. The van der Waals surface area contributed by atoms with E-state index in [1.165, 1.54) is 18.3 Å². The average molecular weight is 401 g/mol. The minimum atomic E-state index is -0.620. The van der Waals surface area contributed by atoms with Gasteiger partial charge in [0.05, 0.1) is 18.0 Å². The van der Waals surface area contributed by atoms with Crippen LogP contribution in [0.5, 0.6) is 0 Å². The standard InChI is InChI=1S/C21H15N5O4/c27-21(15-7-3-1-4-8-15)23-22-13-16-14-25(17-9-5-2-6-10-17)24-20(16)18-11-12-19(30-18)26(28)29/h1-14H,(H,23,27). The Labute approximate surface area is 170 Å². The van der Waals surface area contributed by atoms with E-state index in [0.717, 1.165) is 5.69 Å². The SMILES string of the molecule is O=C(NN=Cc1cn(-c2ccccc2)nc1-c1ccc([N+](=O)[O-])o1)c1ccccc1. The molecule has 2 aromatic carbocycles. The first-order valence-electron chi connectivity index (χ1n) is 8.90. The number of hydrogen-bond acceptors (Lipinski definition) is 6. The van der Waals surface area contributed by atoms with Gasteiger partial charge in [-0.15, -0.1) is 0 Å². The fourth-order valence-corrected chi connectivity index (χ4v) is 2.75. The lowest BCUT2D eigenvalue weighted by Crippen LogP contribution is -2.17. The minimum Gasteiger partial charge on any atom is -0.399 e. The van der Waals surface area contributed by atoms with Gasteiger partial charge in [0.1, 0.15) is 10.6 Å². The number of hydrazone groups is 1. The number of furan rings is 1. The van der Waals surface area contributed by atoms with Crippen molar-refractivity contribution in [2.24, 2.45) is 5.10 Å². The molecule has 4 rings (SSSR count). The van der Waals surface area contributed by atoms with Crippen LogP contribution in [0.25, 0.3) is 17.1 Å². The number of carbonyl (C=O) groups excluding carboxylic acids is 1. The molecule has 148 valence electrons. The topological polar surface area (TPSA) is 116 Å². The number of nitro groups is 1. The van der Waals surface area contributed by atoms with Crippen LogP contribution in [0.3, 0.4) is 0 Å². The molecule has 0 fully saturated rings. The summed E-state index contributed by atoms with van der Waals surface area (Å²) in [7, 11) is 0. The summed E-state index contributed by atoms with van der Waals surface area (Å²) in [5, 5.41) is 19.4. The molecule has 1 N–H and O–H groups in total. The molecule has 0 saturated carbocycles. The van der Waals surface area contributed by atoms with E-state index in [2.05, 4.69) is 15.6 Å². The van der Waals surface area contributed by atoms with Crippen LogP contribution in [0.4, 0.5) is 5.88 Å². The number of rotatable bonds is 6. The summed E-state index contributed by atoms with van der Waals surface area (Å²) in [6, 6.07) is 20.7. The minimum absolute atomic E-state index is 0.215. The van der Waals surface area contributed by atoms with Crippen LogP contribution in [0.1, 0.15) is 15.9 Å². The van der Waals surface area contributed by atoms with Crippen LogP contribution in [-0.2, 0) is 0 Å². The zero-order valence-corrected chi connectivity index (χ0v) is 15.5. The smallest absolute Gasteiger partial charge is 0.399 e. The number of nitrogens with one attached hydrogen (secondary N) is 1. The van der Waals surface area contributed by atoms with Crippen molar-refractivity contribution in [3.63, 3.8) is 0 Å². The molecule has 9 nitrogen and oxygen atoms in total. The first kappa shape index (κ1) is 18.8. The number of hydrogen-bond donors (Lipinski definition) is 1. The van der Waals surface area contributed by atoms with Gasteiger partial charge in [0.15, 0.2) is 5.76 Å². The number of benzene rings is 2. The Morgan fingerprint density at radius 3 is 2.43 bits per heavy atom. The normalized spacial score (nSPS) is 10.9. The van der Waals surface area contributed by atoms with Gasteiger partial charge >= 0.3 is 5.88 Å². The van der Waals surface area contributed by atoms with Crippen molar-refractivity contribution >= 4 is 18.0 Å². The van der Waals surface area contributed by atoms with E-state index in [4.69, 9.17) is 4.42 Å². The van der Waals surface area contributed by atoms with Crippen molar-refractivity contribution in [1.82, 2.24) is 15.2 Å². The van der Waals surface area contributed by atoms with E-state index in [1.807, 2.05) is 36.4 Å². The second kappa shape index (κ2) is 8.23. The van der Waals surface area contributed by atoms with Gasteiger partial charge in [-0.3, -0.25) is 14.9 Å². The van der Waals surface area contributed by atoms with Gasteiger partial charge in [-0.25, -0.2) is 10.1 Å². The number of nitrogens with zero attached hydrogens (tertiary/aromatic N) is 4. The number of para-hydroxylation sites is 1. The summed E-state index contributed by atoms with van der Waals surface area (Å²) in [5.74, 6) is -0.538. The van der Waals surface area contributed by atoms with Crippen molar-refractivity contribution < 1.29 is 14.1 Å². The first-order valence-corrected chi connectivity index (χ1v) is 8.90. The van der Waals surface area contributed by atoms with Crippen molar-refractivity contribution in [2.75, 3.05) is 0 Å². The van der Waals surface area contributed by atoms with Crippen molar-refractivity contribution in [2.45, 2.75) is 0 Å². The molecule has 30 heavy (non-hydrogen) atoms. The lowest BCUT2D eigenvalue weighted by Gasteiger charge is -1.98. The Balaban J connectivity index is 1.65. The zero-order chi connectivity index (χ0) is 20.9. The Morgan fingerprint density at radius 1 is 1.07 bits per heavy atom. The molecule has 0 atom stereocenters. The van der Waals surface area contributed by atoms with Crippen LogP contribution in [0, 0.1) is 10.1 Å². The lowest BCUT2D eigenvalue weighted by molar-refractivity contribution is -0.401. The molecule has 4 aromatic rings. The highest BCUT2D eigenvalue weighted by Crippen LogP contribution is 2.27. The molecule has 0 aliphatic carbocycles. The van der Waals surface area contributed by atoms with E-state index in [1.54, 1.807) is 35.1 Å². The first-order chi connectivity index (χ1) is 14.6. The second-order valence-corrected chi connectivity index (χ2v) is 6.17. The molecule has 2 heterocycles. The highest BCUT2D eigenvalue weighted by Gasteiger charge is 2.19. The van der Waals surface area contributed by atoms with E-state index < -0.39 is 4.92 Å². The van der Waals surface area contributed by atoms with Gasteiger partial charge in [-0.05, 0) is 30.3 Å². The van der Waals surface area contributed by atoms with Crippen LogP contribution < -0.4 is 5.43 Å². The molecular weight excluding hydrogens is 386 g/mol. The predicted molar refractivity (Wildman–Crippen MR) is 109 cm³/mol. The summed E-state index contributed by atoms with van der Waals surface area (Å²) in [6.45, 7) is 0. The Morgan fingerprint density at radius 2 is 1.77 bits per heavy atom. The van der Waals surface area contributed by atoms with Gasteiger partial charge in [0, 0.05) is 17.3 Å². The van der Waals surface area contributed by atoms with Crippen molar-refractivity contribution in [3.05, 3.63) is 100 Å². The molecule has 0 bridgehead atoms. The molecular formula is C21H15N5O4. The van der Waals surface area contributed by atoms with Gasteiger partial charge < -0.3 is 4.42 Å². The molecule has 0 unspecified atom stereocenters. The van der Waals surface area contributed by atoms with Crippen LogP contribution in [0.2, 0.25) is 0 Å². The largest absolute Gasteiger partial charge is 0.433 e. The number of amides is 1. The lowest BCUT2D eigenvalue weighted by atomic mass is 10.2. The molecule has 0 spiro atoms. The van der Waals surface area contributed by atoms with Crippen LogP contribution in [-0.4, -0.2) is 26.8 Å². The molecule has 0 aliphatic heterocycles. The maximum atomic E-state index is 12.2. The molecule has 0 aliphatic rings. The van der Waals surface area contributed by atoms with E-state index in [9.17, 15) is 14.9 Å². The highest BCUT2D eigenvalue weighted by atomic mass is 16.6. The Bertz CT molecular complexity index is 1210. The average Bonchev–Trinajstić information content (AvgIpc) is 3.42. The number of carbonyl (C=O) groups is 1. The zero-order valence-electron chi connectivity index (χ0n) is 15.5. The molecule has 2 aromatic heterocycles. The monoisotopic (exact) mass is 401 g/mol. The van der Waals surface area contributed by atoms with E-state index in [-0.39, 0.29) is 17.6 Å². The summed E-state index contributed by atoms with van der Waals surface area (Å²) in [4.78, 5) is 22.5. The van der Waals surface area contributed by atoms with Gasteiger partial charge in [0.25, 0.3) is 5.91 Å². The Hall–Kier alpha value is -4.53. The molecule has 0 radical (unpaired) electrons. The third kappa shape index (κ3) is 3.99. The third-order valence-corrected chi connectivity index (χ3v) is 4.17. The van der Waals surface area contributed by atoms with Crippen LogP contribution >= 0.6 is 0 Å².